The fourth-order valence-electron chi connectivity index (χ4n) is 2.03. The maximum absolute atomic E-state index is 4.54. The van der Waals surface area contributed by atoms with Gasteiger partial charge >= 0.3 is 0 Å². The predicted molar refractivity (Wildman–Crippen MR) is 76.0 cm³/mol. The van der Waals surface area contributed by atoms with Gasteiger partial charge in [-0.3, -0.25) is 9.36 Å². The number of hydrogen-bond donors (Lipinski definition) is 1. The van der Waals surface area contributed by atoms with Gasteiger partial charge in [0.05, 0.1) is 18.4 Å². The van der Waals surface area contributed by atoms with Gasteiger partial charge in [0.25, 0.3) is 0 Å². The zero-order chi connectivity index (χ0) is 13.8. The molecule has 1 unspecified atom stereocenters. The standard InChI is InChI=1S/C14H23N5/c1-5-15-12(4)13-8-16-18(9-13)10-14-6-7-19(17-14)11(2)3/h6-9,11-12,15H,5,10H2,1-4H3. The van der Waals surface area contributed by atoms with E-state index >= 15 is 0 Å². The molecule has 2 rings (SSSR count). The maximum atomic E-state index is 4.54. The van der Waals surface area contributed by atoms with Crippen LogP contribution in [0.15, 0.2) is 24.7 Å². The van der Waals surface area contributed by atoms with Crippen LogP contribution >= 0.6 is 0 Å². The van der Waals surface area contributed by atoms with Crippen LogP contribution in [-0.2, 0) is 6.54 Å². The van der Waals surface area contributed by atoms with Gasteiger partial charge in [0.15, 0.2) is 0 Å². The van der Waals surface area contributed by atoms with Crippen LogP contribution < -0.4 is 5.32 Å². The highest BCUT2D eigenvalue weighted by molar-refractivity contribution is 5.10. The molecule has 5 heteroatoms. The Morgan fingerprint density at radius 3 is 2.74 bits per heavy atom. The van der Waals surface area contributed by atoms with E-state index in [4.69, 9.17) is 0 Å². The second kappa shape index (κ2) is 6.02. The van der Waals surface area contributed by atoms with Crippen LogP contribution in [0.4, 0.5) is 0 Å². The maximum Gasteiger partial charge on any atom is 0.0849 e. The van der Waals surface area contributed by atoms with Gasteiger partial charge in [-0.1, -0.05) is 6.92 Å². The van der Waals surface area contributed by atoms with Gasteiger partial charge in [0, 0.05) is 30.0 Å². The van der Waals surface area contributed by atoms with Crippen molar-refractivity contribution in [2.75, 3.05) is 6.54 Å². The largest absolute Gasteiger partial charge is 0.310 e. The molecule has 2 aromatic rings. The van der Waals surface area contributed by atoms with Crippen molar-refractivity contribution in [2.24, 2.45) is 0 Å². The third kappa shape index (κ3) is 3.44. The molecule has 0 fully saturated rings. The van der Waals surface area contributed by atoms with E-state index in [-0.39, 0.29) is 0 Å². The minimum Gasteiger partial charge on any atom is -0.310 e. The van der Waals surface area contributed by atoms with E-state index in [2.05, 4.69) is 55.5 Å². The van der Waals surface area contributed by atoms with Crippen LogP contribution in [0, 0.1) is 0 Å². The van der Waals surface area contributed by atoms with E-state index in [1.807, 2.05) is 21.8 Å². The summed E-state index contributed by atoms with van der Waals surface area (Å²) in [5, 5.41) is 12.3. The smallest absolute Gasteiger partial charge is 0.0849 e. The summed E-state index contributed by atoms with van der Waals surface area (Å²) >= 11 is 0. The van der Waals surface area contributed by atoms with E-state index in [0.717, 1.165) is 18.8 Å². The Morgan fingerprint density at radius 1 is 1.32 bits per heavy atom. The Hall–Kier alpha value is -1.62. The summed E-state index contributed by atoms with van der Waals surface area (Å²) in [4.78, 5) is 0. The Balaban J connectivity index is 2.02. The average molecular weight is 261 g/mol. The highest BCUT2D eigenvalue weighted by Gasteiger charge is 2.08. The van der Waals surface area contributed by atoms with Crippen LogP contribution in [0.3, 0.4) is 0 Å². The average Bonchev–Trinajstić information content (AvgIpc) is 2.99. The summed E-state index contributed by atoms with van der Waals surface area (Å²) in [6.45, 7) is 10.2. The number of nitrogens with one attached hydrogen (secondary N) is 1. The Morgan fingerprint density at radius 2 is 2.11 bits per heavy atom. The highest BCUT2D eigenvalue weighted by atomic mass is 15.3. The Bertz CT molecular complexity index is 511. The lowest BCUT2D eigenvalue weighted by Gasteiger charge is -2.08. The van der Waals surface area contributed by atoms with Gasteiger partial charge in [-0.25, -0.2) is 0 Å². The summed E-state index contributed by atoms with van der Waals surface area (Å²) in [5.74, 6) is 0. The van der Waals surface area contributed by atoms with Gasteiger partial charge in [-0.2, -0.15) is 10.2 Å². The molecule has 0 aliphatic heterocycles. The lowest BCUT2D eigenvalue weighted by atomic mass is 10.2. The molecule has 2 aromatic heterocycles. The van der Waals surface area contributed by atoms with Gasteiger partial charge in [-0.05, 0) is 33.4 Å². The molecular formula is C14H23N5. The van der Waals surface area contributed by atoms with Crippen molar-refractivity contribution in [3.05, 3.63) is 35.9 Å². The van der Waals surface area contributed by atoms with Gasteiger partial charge in [-0.15, -0.1) is 0 Å². The van der Waals surface area contributed by atoms with Crippen LogP contribution in [0.2, 0.25) is 0 Å². The number of rotatable bonds is 6. The van der Waals surface area contributed by atoms with E-state index in [0.29, 0.717) is 12.1 Å². The van der Waals surface area contributed by atoms with E-state index < -0.39 is 0 Å². The van der Waals surface area contributed by atoms with Crippen molar-refractivity contribution in [3.8, 4) is 0 Å². The third-order valence-electron chi connectivity index (χ3n) is 3.18. The number of nitrogens with zero attached hydrogens (tertiary/aromatic N) is 4. The van der Waals surface area contributed by atoms with Crippen molar-refractivity contribution in [3.63, 3.8) is 0 Å². The quantitative estimate of drug-likeness (QED) is 0.868. The van der Waals surface area contributed by atoms with Gasteiger partial charge in [0.2, 0.25) is 0 Å². The second-order valence-electron chi connectivity index (χ2n) is 5.13. The highest BCUT2D eigenvalue weighted by Crippen LogP contribution is 2.11. The molecule has 5 nitrogen and oxygen atoms in total. The van der Waals surface area contributed by atoms with Crippen molar-refractivity contribution in [1.29, 1.82) is 0 Å². The van der Waals surface area contributed by atoms with Crippen molar-refractivity contribution >= 4 is 0 Å². The summed E-state index contributed by atoms with van der Waals surface area (Å²) in [6.07, 6.45) is 6.03. The van der Waals surface area contributed by atoms with Gasteiger partial charge < -0.3 is 5.32 Å². The fourth-order valence-corrected chi connectivity index (χ4v) is 2.03. The van der Waals surface area contributed by atoms with Gasteiger partial charge in [0.1, 0.15) is 0 Å². The molecule has 104 valence electrons. The first-order valence-electron chi connectivity index (χ1n) is 6.90. The van der Waals surface area contributed by atoms with Crippen molar-refractivity contribution in [2.45, 2.75) is 46.3 Å². The first-order valence-corrected chi connectivity index (χ1v) is 6.90. The van der Waals surface area contributed by atoms with Crippen LogP contribution in [0.1, 0.15) is 51.0 Å². The second-order valence-corrected chi connectivity index (χ2v) is 5.13. The molecule has 2 heterocycles. The molecule has 0 aliphatic carbocycles. The SMILES string of the molecule is CCNC(C)c1cnn(Cc2ccn(C(C)C)n2)c1. The molecule has 0 aliphatic rings. The van der Waals surface area contributed by atoms with Crippen LogP contribution in [0.5, 0.6) is 0 Å². The topological polar surface area (TPSA) is 47.7 Å². The van der Waals surface area contributed by atoms with E-state index in [9.17, 15) is 0 Å². The first kappa shape index (κ1) is 13.8. The van der Waals surface area contributed by atoms with Crippen molar-refractivity contribution in [1.82, 2.24) is 24.9 Å². The first-order chi connectivity index (χ1) is 9.10. The minimum absolute atomic E-state index is 0.340. The molecule has 19 heavy (non-hydrogen) atoms. The molecule has 1 atom stereocenters. The fraction of sp³-hybridized carbons (Fsp3) is 0.571. The Kier molecular flexibility index (Phi) is 4.37. The van der Waals surface area contributed by atoms with Crippen LogP contribution in [-0.4, -0.2) is 26.1 Å². The molecule has 0 saturated carbocycles. The number of aromatic nitrogens is 4. The molecule has 0 spiro atoms. The molecular weight excluding hydrogens is 238 g/mol. The monoisotopic (exact) mass is 261 g/mol. The molecule has 0 amide bonds. The van der Waals surface area contributed by atoms with Crippen molar-refractivity contribution < 1.29 is 0 Å². The zero-order valence-corrected chi connectivity index (χ0v) is 12.2. The molecule has 0 saturated heterocycles. The molecule has 1 N–H and O–H groups in total. The van der Waals surface area contributed by atoms with E-state index in [1.54, 1.807) is 0 Å². The molecule has 0 bridgehead atoms. The number of hydrogen-bond acceptors (Lipinski definition) is 3. The normalized spacial score (nSPS) is 13.1. The summed E-state index contributed by atoms with van der Waals surface area (Å²) in [5.41, 5.74) is 2.25. The lowest BCUT2D eigenvalue weighted by Crippen LogP contribution is -2.17. The molecule has 0 radical (unpaired) electrons. The minimum atomic E-state index is 0.340. The third-order valence-corrected chi connectivity index (χ3v) is 3.18. The Labute approximate surface area is 114 Å². The van der Waals surface area contributed by atoms with Crippen LogP contribution in [0.25, 0.3) is 0 Å². The predicted octanol–water partition coefficient (Wildman–Crippen LogP) is 2.38. The summed E-state index contributed by atoms with van der Waals surface area (Å²) in [7, 11) is 0. The van der Waals surface area contributed by atoms with E-state index in [1.165, 1.54) is 5.56 Å². The lowest BCUT2D eigenvalue weighted by molar-refractivity contribution is 0.520. The molecule has 0 aromatic carbocycles. The zero-order valence-electron chi connectivity index (χ0n) is 12.2. The summed E-state index contributed by atoms with van der Waals surface area (Å²) < 4.78 is 3.91. The summed E-state index contributed by atoms with van der Waals surface area (Å²) in [6, 6.07) is 2.79.